The van der Waals surface area contributed by atoms with Crippen LogP contribution in [0.2, 0.25) is 0 Å². The van der Waals surface area contributed by atoms with E-state index in [1.54, 1.807) is 0 Å². The molecule has 0 aliphatic carbocycles. The van der Waals surface area contributed by atoms with E-state index in [0.29, 0.717) is 6.04 Å². The molecule has 1 rings (SSSR count). The quantitative estimate of drug-likeness (QED) is 0.416. The molecule has 0 aliphatic heterocycles. The first-order valence-corrected chi connectivity index (χ1v) is 7.33. The molecule has 0 heterocycles. The van der Waals surface area contributed by atoms with E-state index in [1.807, 2.05) is 17.8 Å². The summed E-state index contributed by atoms with van der Waals surface area (Å²) in [5.41, 5.74) is 1.37. The highest BCUT2D eigenvalue weighted by molar-refractivity contribution is 7.99. The van der Waals surface area contributed by atoms with Gasteiger partial charge in [-0.1, -0.05) is 25.1 Å². The minimum atomic E-state index is 0.446. The van der Waals surface area contributed by atoms with Gasteiger partial charge in [-0.2, -0.15) is 0 Å². The highest BCUT2D eigenvalue weighted by Gasteiger charge is 2.03. The van der Waals surface area contributed by atoms with E-state index >= 15 is 0 Å². The molecule has 0 radical (unpaired) electrons. The zero-order valence-electron chi connectivity index (χ0n) is 10.9. The Bertz CT molecular complexity index is 318. The van der Waals surface area contributed by atoms with E-state index in [2.05, 4.69) is 50.0 Å². The smallest absolute Gasteiger partial charge is 0.0291 e. The second-order valence-corrected chi connectivity index (χ2v) is 5.34. The molecule has 1 aromatic carbocycles. The van der Waals surface area contributed by atoms with Crippen LogP contribution in [0.25, 0.3) is 0 Å². The van der Waals surface area contributed by atoms with Crippen LogP contribution in [-0.4, -0.2) is 12.3 Å². The third kappa shape index (κ3) is 5.42. The third-order valence-corrected chi connectivity index (χ3v) is 3.72. The van der Waals surface area contributed by atoms with Crippen LogP contribution in [0.1, 0.15) is 38.3 Å². The molecule has 0 saturated heterocycles. The summed E-state index contributed by atoms with van der Waals surface area (Å²) in [6.07, 6.45) is 4.22. The predicted molar refractivity (Wildman–Crippen MR) is 78.7 cm³/mol. The second-order valence-electron chi connectivity index (χ2n) is 4.17. The number of allylic oxidation sites excluding steroid dienone is 1. The number of nitrogens with one attached hydrogen (secondary N) is 1. The van der Waals surface area contributed by atoms with Crippen LogP contribution in [0, 0.1) is 0 Å². The first kappa shape index (κ1) is 14.3. The van der Waals surface area contributed by atoms with Crippen LogP contribution in [0.5, 0.6) is 0 Å². The Kier molecular flexibility index (Phi) is 7.06. The molecule has 0 bridgehead atoms. The van der Waals surface area contributed by atoms with E-state index in [0.717, 1.165) is 18.7 Å². The molecule has 0 aliphatic rings. The molecule has 0 fully saturated rings. The van der Waals surface area contributed by atoms with Crippen molar-refractivity contribution in [3.8, 4) is 0 Å². The van der Waals surface area contributed by atoms with Crippen LogP contribution in [0.15, 0.2) is 41.8 Å². The van der Waals surface area contributed by atoms with Crippen LogP contribution in [-0.2, 0) is 0 Å². The van der Waals surface area contributed by atoms with Crippen LogP contribution in [0.4, 0.5) is 0 Å². The lowest BCUT2D eigenvalue weighted by molar-refractivity contribution is 0.570. The lowest BCUT2D eigenvalue weighted by atomic mass is 10.1. The first-order chi connectivity index (χ1) is 8.27. The summed E-state index contributed by atoms with van der Waals surface area (Å²) in [6, 6.07) is 9.33. The third-order valence-electron chi connectivity index (χ3n) is 2.67. The van der Waals surface area contributed by atoms with Gasteiger partial charge in [0.05, 0.1) is 0 Å². The largest absolute Gasteiger partial charge is 0.310 e. The van der Waals surface area contributed by atoms with Gasteiger partial charge in [-0.25, -0.2) is 0 Å². The number of thioether (sulfide) groups is 1. The van der Waals surface area contributed by atoms with E-state index in [4.69, 9.17) is 0 Å². The first-order valence-electron chi connectivity index (χ1n) is 6.35. The fraction of sp³-hybridized carbons (Fsp3) is 0.467. The Morgan fingerprint density at radius 3 is 2.65 bits per heavy atom. The normalized spacial score (nSPS) is 12.4. The Hall–Kier alpha value is -0.730. The van der Waals surface area contributed by atoms with Gasteiger partial charge in [0.25, 0.3) is 0 Å². The van der Waals surface area contributed by atoms with Gasteiger partial charge >= 0.3 is 0 Å². The molecule has 1 nitrogen and oxygen atoms in total. The zero-order chi connectivity index (χ0) is 12.5. The van der Waals surface area contributed by atoms with Gasteiger partial charge in [0.2, 0.25) is 0 Å². The number of hydrogen-bond donors (Lipinski definition) is 1. The van der Waals surface area contributed by atoms with Crippen molar-refractivity contribution in [1.82, 2.24) is 5.32 Å². The number of hydrogen-bond acceptors (Lipinski definition) is 2. The van der Waals surface area contributed by atoms with Gasteiger partial charge in [-0.05, 0) is 44.0 Å². The minimum Gasteiger partial charge on any atom is -0.310 e. The average Bonchev–Trinajstić information content (AvgIpc) is 2.37. The molecule has 1 aromatic rings. The summed E-state index contributed by atoms with van der Waals surface area (Å²) < 4.78 is 0. The van der Waals surface area contributed by atoms with Gasteiger partial charge in [0, 0.05) is 16.7 Å². The monoisotopic (exact) mass is 249 g/mol. The fourth-order valence-electron chi connectivity index (χ4n) is 1.59. The van der Waals surface area contributed by atoms with Crippen LogP contribution >= 0.6 is 11.8 Å². The zero-order valence-corrected chi connectivity index (χ0v) is 11.7. The van der Waals surface area contributed by atoms with Crippen LogP contribution < -0.4 is 5.32 Å². The Balaban J connectivity index is 2.46. The van der Waals surface area contributed by atoms with Crippen molar-refractivity contribution >= 4 is 11.8 Å². The van der Waals surface area contributed by atoms with Crippen LogP contribution in [0.3, 0.4) is 0 Å². The van der Waals surface area contributed by atoms with Gasteiger partial charge < -0.3 is 5.32 Å². The highest BCUT2D eigenvalue weighted by Crippen LogP contribution is 2.21. The summed E-state index contributed by atoms with van der Waals surface area (Å²) in [5.74, 6) is 1.12. The van der Waals surface area contributed by atoms with Crippen molar-refractivity contribution in [2.75, 3.05) is 12.3 Å². The topological polar surface area (TPSA) is 12.0 Å². The number of benzene rings is 1. The predicted octanol–water partition coefficient (Wildman–Crippen LogP) is 4.42. The summed E-state index contributed by atoms with van der Waals surface area (Å²) in [7, 11) is 0. The molecule has 0 amide bonds. The summed E-state index contributed by atoms with van der Waals surface area (Å²) in [4.78, 5) is 1.35. The molecule has 0 saturated carbocycles. The number of rotatable bonds is 8. The van der Waals surface area contributed by atoms with Crippen molar-refractivity contribution in [2.24, 2.45) is 0 Å². The maximum Gasteiger partial charge on any atom is 0.0291 e. The molecular weight excluding hydrogens is 226 g/mol. The summed E-state index contributed by atoms with van der Waals surface area (Å²) in [5, 5.41) is 3.50. The van der Waals surface area contributed by atoms with Crippen molar-refractivity contribution < 1.29 is 0 Å². The standard InChI is InChI=1S/C15H23NS/c1-4-6-12-17-15-9-7-14(8-10-15)13(3)16-11-5-2/h4,7-10,13,16H,1,5-6,11-12H2,2-3H3. The Labute approximate surface area is 110 Å². The maximum absolute atomic E-state index is 3.74. The highest BCUT2D eigenvalue weighted by atomic mass is 32.2. The molecule has 1 unspecified atom stereocenters. The van der Waals surface area contributed by atoms with Crippen molar-refractivity contribution in [1.29, 1.82) is 0 Å². The molecule has 94 valence electrons. The van der Waals surface area contributed by atoms with Crippen molar-refractivity contribution in [3.05, 3.63) is 42.5 Å². The molecule has 1 N–H and O–H groups in total. The lowest BCUT2D eigenvalue weighted by Crippen LogP contribution is -2.19. The molecule has 2 heteroatoms. The van der Waals surface area contributed by atoms with Gasteiger partial charge in [0.15, 0.2) is 0 Å². The fourth-order valence-corrected chi connectivity index (χ4v) is 2.44. The SMILES string of the molecule is C=CCCSc1ccc(C(C)NCCC)cc1. The van der Waals surface area contributed by atoms with Crippen molar-refractivity contribution in [3.63, 3.8) is 0 Å². The Morgan fingerprint density at radius 2 is 2.06 bits per heavy atom. The van der Waals surface area contributed by atoms with Gasteiger partial charge in [-0.3, -0.25) is 0 Å². The lowest BCUT2D eigenvalue weighted by Gasteiger charge is -2.13. The summed E-state index contributed by atoms with van der Waals surface area (Å²) in [6.45, 7) is 9.23. The van der Waals surface area contributed by atoms with E-state index in [-0.39, 0.29) is 0 Å². The summed E-state index contributed by atoms with van der Waals surface area (Å²) >= 11 is 1.89. The molecule has 0 aromatic heterocycles. The van der Waals surface area contributed by atoms with E-state index < -0.39 is 0 Å². The molecular formula is C15H23NS. The average molecular weight is 249 g/mol. The van der Waals surface area contributed by atoms with E-state index in [1.165, 1.54) is 16.9 Å². The molecule has 0 spiro atoms. The van der Waals surface area contributed by atoms with Gasteiger partial charge in [-0.15, -0.1) is 18.3 Å². The maximum atomic E-state index is 3.74. The molecule has 1 atom stereocenters. The van der Waals surface area contributed by atoms with Crippen molar-refractivity contribution in [2.45, 2.75) is 37.6 Å². The minimum absolute atomic E-state index is 0.446. The molecule has 17 heavy (non-hydrogen) atoms. The van der Waals surface area contributed by atoms with Gasteiger partial charge in [0.1, 0.15) is 0 Å². The van der Waals surface area contributed by atoms with E-state index in [9.17, 15) is 0 Å². The Morgan fingerprint density at radius 1 is 1.35 bits per heavy atom. The second kappa shape index (κ2) is 8.37.